The molecule has 1 saturated heterocycles. The Hall–Kier alpha value is -1.27. The van der Waals surface area contributed by atoms with Gasteiger partial charge < -0.3 is 10.2 Å². The van der Waals surface area contributed by atoms with E-state index in [-0.39, 0.29) is 36.8 Å². The van der Waals surface area contributed by atoms with E-state index in [1.54, 1.807) is 4.90 Å². The molecule has 0 bridgehead atoms. The second kappa shape index (κ2) is 7.33. The summed E-state index contributed by atoms with van der Waals surface area (Å²) in [5.74, 6) is -0.0457. The van der Waals surface area contributed by atoms with Crippen LogP contribution in [-0.4, -0.2) is 36.0 Å². The summed E-state index contributed by atoms with van der Waals surface area (Å²) in [5, 5.41) is 3.29. The van der Waals surface area contributed by atoms with Gasteiger partial charge in [-0.2, -0.15) is 13.2 Å². The zero-order valence-electron chi connectivity index (χ0n) is 12.5. The minimum Gasteiger partial charge on any atom is -0.337 e. The van der Waals surface area contributed by atoms with E-state index in [1.807, 2.05) is 13.8 Å². The predicted octanol–water partition coefficient (Wildman–Crippen LogP) is 2.88. The number of alkyl halides is 3. The molecule has 1 aromatic carbocycles. The quantitative estimate of drug-likeness (QED) is 0.900. The lowest BCUT2D eigenvalue weighted by Crippen LogP contribution is -2.57. The second-order valence-electron chi connectivity index (χ2n) is 5.44. The molecule has 0 spiro atoms. The lowest BCUT2D eigenvalue weighted by atomic mass is 10.0. The Bertz CT molecular complexity index is 505. The van der Waals surface area contributed by atoms with Crippen LogP contribution in [0.4, 0.5) is 13.2 Å². The fourth-order valence-electron chi connectivity index (χ4n) is 2.50. The SMILES string of the molecule is CC1NCCN(C(=O)Cc2ccc(C(F)(F)F)cc2)C1C.Cl. The molecule has 1 amide bonds. The van der Waals surface area contributed by atoms with Crippen molar-refractivity contribution in [2.24, 2.45) is 0 Å². The number of hydrogen-bond acceptors (Lipinski definition) is 2. The molecule has 1 aliphatic rings. The number of piperazine rings is 1. The number of hydrogen-bond donors (Lipinski definition) is 1. The van der Waals surface area contributed by atoms with Crippen LogP contribution in [0.2, 0.25) is 0 Å². The van der Waals surface area contributed by atoms with Crippen molar-refractivity contribution in [1.29, 1.82) is 0 Å². The summed E-state index contributed by atoms with van der Waals surface area (Å²) in [7, 11) is 0. The summed E-state index contributed by atoms with van der Waals surface area (Å²) in [6.07, 6.45) is -4.21. The van der Waals surface area contributed by atoms with Crippen LogP contribution >= 0.6 is 12.4 Å². The third kappa shape index (κ3) is 4.36. The summed E-state index contributed by atoms with van der Waals surface area (Å²) in [5.41, 5.74) is -0.0887. The molecule has 1 aromatic rings. The minimum absolute atomic E-state index is 0. The van der Waals surface area contributed by atoms with Gasteiger partial charge in [0.05, 0.1) is 12.0 Å². The van der Waals surface area contributed by atoms with Crippen LogP contribution < -0.4 is 5.32 Å². The lowest BCUT2D eigenvalue weighted by Gasteiger charge is -2.38. The third-order valence-electron chi connectivity index (χ3n) is 3.99. The van der Waals surface area contributed by atoms with Gasteiger partial charge >= 0.3 is 6.18 Å². The number of halogens is 4. The Labute approximate surface area is 134 Å². The topological polar surface area (TPSA) is 32.3 Å². The Morgan fingerprint density at radius 3 is 2.41 bits per heavy atom. The summed E-state index contributed by atoms with van der Waals surface area (Å²) in [6, 6.07) is 5.09. The van der Waals surface area contributed by atoms with Crippen molar-refractivity contribution >= 4 is 18.3 Å². The van der Waals surface area contributed by atoms with E-state index >= 15 is 0 Å². The second-order valence-corrected chi connectivity index (χ2v) is 5.44. The Kier molecular flexibility index (Phi) is 6.26. The maximum absolute atomic E-state index is 12.5. The van der Waals surface area contributed by atoms with Gasteiger partial charge in [0.15, 0.2) is 0 Å². The highest BCUT2D eigenvalue weighted by atomic mass is 35.5. The average molecular weight is 337 g/mol. The van der Waals surface area contributed by atoms with Crippen molar-refractivity contribution in [2.45, 2.75) is 38.5 Å². The van der Waals surface area contributed by atoms with Gasteiger partial charge in [0.1, 0.15) is 0 Å². The first kappa shape index (κ1) is 18.8. The molecular weight excluding hydrogens is 317 g/mol. The van der Waals surface area contributed by atoms with Crippen LogP contribution in [-0.2, 0) is 17.4 Å². The van der Waals surface area contributed by atoms with Gasteiger partial charge in [-0.25, -0.2) is 0 Å². The van der Waals surface area contributed by atoms with E-state index in [9.17, 15) is 18.0 Å². The largest absolute Gasteiger partial charge is 0.416 e. The monoisotopic (exact) mass is 336 g/mol. The van der Waals surface area contributed by atoms with Crippen molar-refractivity contribution in [1.82, 2.24) is 10.2 Å². The number of amides is 1. The summed E-state index contributed by atoms with van der Waals surface area (Å²) in [4.78, 5) is 14.1. The molecule has 0 aliphatic carbocycles. The summed E-state index contributed by atoms with van der Waals surface area (Å²) < 4.78 is 37.5. The van der Waals surface area contributed by atoms with Crippen LogP contribution in [0.25, 0.3) is 0 Å². The van der Waals surface area contributed by atoms with Gasteiger partial charge in [-0.1, -0.05) is 12.1 Å². The molecule has 0 radical (unpaired) electrons. The van der Waals surface area contributed by atoms with Crippen LogP contribution in [0, 0.1) is 0 Å². The van der Waals surface area contributed by atoms with E-state index in [4.69, 9.17) is 0 Å². The number of carbonyl (C=O) groups excluding carboxylic acids is 1. The highest BCUT2D eigenvalue weighted by Gasteiger charge is 2.30. The van der Waals surface area contributed by atoms with E-state index in [0.29, 0.717) is 12.1 Å². The Balaban J connectivity index is 0.00000242. The minimum atomic E-state index is -4.34. The van der Waals surface area contributed by atoms with Crippen LogP contribution in [0.1, 0.15) is 25.0 Å². The molecule has 22 heavy (non-hydrogen) atoms. The molecule has 1 heterocycles. The molecule has 0 aromatic heterocycles. The van der Waals surface area contributed by atoms with E-state index in [1.165, 1.54) is 12.1 Å². The van der Waals surface area contributed by atoms with Crippen molar-refractivity contribution in [2.75, 3.05) is 13.1 Å². The highest BCUT2D eigenvalue weighted by molar-refractivity contribution is 5.85. The normalized spacial score (nSPS) is 22.1. The molecule has 124 valence electrons. The fraction of sp³-hybridized carbons (Fsp3) is 0.533. The van der Waals surface area contributed by atoms with Crippen LogP contribution in [0.15, 0.2) is 24.3 Å². The molecule has 2 rings (SSSR count). The van der Waals surface area contributed by atoms with E-state index < -0.39 is 11.7 Å². The van der Waals surface area contributed by atoms with E-state index in [2.05, 4.69) is 5.32 Å². The van der Waals surface area contributed by atoms with Gasteiger partial charge in [-0.05, 0) is 31.5 Å². The first-order chi connectivity index (χ1) is 9.79. The van der Waals surface area contributed by atoms with Crippen molar-refractivity contribution in [3.05, 3.63) is 35.4 Å². The molecule has 1 fully saturated rings. The first-order valence-electron chi connectivity index (χ1n) is 6.98. The molecule has 2 atom stereocenters. The maximum atomic E-state index is 12.5. The zero-order valence-corrected chi connectivity index (χ0v) is 13.3. The van der Waals surface area contributed by atoms with E-state index in [0.717, 1.165) is 18.7 Å². The number of benzene rings is 1. The van der Waals surface area contributed by atoms with Gasteiger partial charge in [0.2, 0.25) is 5.91 Å². The fourth-order valence-corrected chi connectivity index (χ4v) is 2.50. The van der Waals surface area contributed by atoms with Crippen LogP contribution in [0.3, 0.4) is 0 Å². The number of rotatable bonds is 2. The van der Waals surface area contributed by atoms with Crippen molar-refractivity contribution in [3.8, 4) is 0 Å². The van der Waals surface area contributed by atoms with Crippen molar-refractivity contribution in [3.63, 3.8) is 0 Å². The summed E-state index contributed by atoms with van der Waals surface area (Å²) in [6.45, 7) is 5.36. The number of nitrogens with one attached hydrogen (secondary N) is 1. The standard InChI is InChI=1S/C15H19F3N2O.ClH/c1-10-11(2)20(8-7-19-10)14(21)9-12-3-5-13(6-4-12)15(16,17)18;/h3-6,10-11,19H,7-9H2,1-2H3;1H. The Morgan fingerprint density at radius 2 is 1.86 bits per heavy atom. The third-order valence-corrected chi connectivity index (χ3v) is 3.99. The summed E-state index contributed by atoms with van der Waals surface area (Å²) >= 11 is 0. The van der Waals surface area contributed by atoms with Gasteiger partial charge in [0.25, 0.3) is 0 Å². The smallest absolute Gasteiger partial charge is 0.337 e. The van der Waals surface area contributed by atoms with Crippen molar-refractivity contribution < 1.29 is 18.0 Å². The van der Waals surface area contributed by atoms with Gasteiger partial charge in [-0.15, -0.1) is 12.4 Å². The van der Waals surface area contributed by atoms with Crippen LogP contribution in [0.5, 0.6) is 0 Å². The predicted molar refractivity (Wildman–Crippen MR) is 81.0 cm³/mol. The average Bonchev–Trinajstić information content (AvgIpc) is 2.41. The van der Waals surface area contributed by atoms with Gasteiger partial charge in [-0.3, -0.25) is 4.79 Å². The molecule has 1 N–H and O–H groups in total. The maximum Gasteiger partial charge on any atom is 0.416 e. The molecule has 0 saturated carbocycles. The molecule has 7 heteroatoms. The zero-order chi connectivity index (χ0) is 15.6. The molecule has 1 aliphatic heterocycles. The lowest BCUT2D eigenvalue weighted by molar-refractivity contribution is -0.137. The molecule has 2 unspecified atom stereocenters. The highest BCUT2D eigenvalue weighted by Crippen LogP contribution is 2.29. The van der Waals surface area contributed by atoms with Gasteiger partial charge in [0, 0.05) is 25.2 Å². The number of carbonyl (C=O) groups is 1. The molecular formula is C15H20ClF3N2O. The number of nitrogens with zero attached hydrogens (tertiary/aromatic N) is 1. The first-order valence-corrected chi connectivity index (χ1v) is 6.98. The molecule has 3 nitrogen and oxygen atoms in total. The Morgan fingerprint density at radius 1 is 1.27 bits per heavy atom.